The fourth-order valence-corrected chi connectivity index (χ4v) is 2.81. The summed E-state index contributed by atoms with van der Waals surface area (Å²) in [5.41, 5.74) is 6.41. The number of halogens is 2. The third kappa shape index (κ3) is 3.00. The first-order valence-corrected chi connectivity index (χ1v) is 8.05. The minimum atomic E-state index is -1.12. The van der Waals surface area contributed by atoms with E-state index in [0.29, 0.717) is 5.39 Å². The van der Waals surface area contributed by atoms with E-state index in [4.69, 9.17) is 5.73 Å². The van der Waals surface area contributed by atoms with Gasteiger partial charge in [0.05, 0.1) is 29.4 Å². The van der Waals surface area contributed by atoms with E-state index in [9.17, 15) is 18.7 Å². The van der Waals surface area contributed by atoms with Crippen molar-refractivity contribution in [2.24, 2.45) is 0 Å². The number of hydrogen-bond donors (Lipinski definition) is 2. The highest BCUT2D eigenvalue weighted by atomic mass is 19.1. The predicted octanol–water partition coefficient (Wildman–Crippen LogP) is 2.50. The number of pyridine rings is 1. The van der Waals surface area contributed by atoms with Crippen LogP contribution in [0.15, 0.2) is 42.7 Å². The fourth-order valence-electron chi connectivity index (χ4n) is 2.81. The van der Waals surface area contributed by atoms with Gasteiger partial charge in [0.15, 0.2) is 5.65 Å². The van der Waals surface area contributed by atoms with E-state index in [1.54, 1.807) is 0 Å². The molecule has 0 spiro atoms. The van der Waals surface area contributed by atoms with Crippen molar-refractivity contribution in [2.75, 3.05) is 5.73 Å². The summed E-state index contributed by atoms with van der Waals surface area (Å²) in [7, 11) is 0. The van der Waals surface area contributed by atoms with Crippen molar-refractivity contribution in [1.29, 1.82) is 0 Å². The summed E-state index contributed by atoms with van der Waals surface area (Å²) < 4.78 is 29.3. The maximum Gasteiger partial charge on any atom is 0.335 e. The lowest BCUT2D eigenvalue weighted by atomic mass is 10.1. The van der Waals surface area contributed by atoms with Crippen LogP contribution in [0.4, 0.5) is 14.7 Å². The van der Waals surface area contributed by atoms with Crippen LogP contribution < -0.4 is 5.73 Å². The van der Waals surface area contributed by atoms with Crippen LogP contribution in [-0.4, -0.2) is 35.8 Å². The molecule has 0 amide bonds. The van der Waals surface area contributed by atoms with Crippen molar-refractivity contribution in [1.82, 2.24) is 24.7 Å². The summed E-state index contributed by atoms with van der Waals surface area (Å²) in [6.45, 7) is -0.208. The van der Waals surface area contributed by atoms with Gasteiger partial charge in [0.25, 0.3) is 0 Å². The van der Waals surface area contributed by atoms with Crippen LogP contribution in [0.25, 0.3) is 22.4 Å². The molecule has 3 N–H and O–H groups in total. The highest BCUT2D eigenvalue weighted by Crippen LogP contribution is 2.26. The second-order valence-electron chi connectivity index (χ2n) is 5.91. The van der Waals surface area contributed by atoms with Crippen LogP contribution in [0.1, 0.15) is 15.9 Å². The van der Waals surface area contributed by atoms with Crippen LogP contribution >= 0.6 is 0 Å². The zero-order valence-electron chi connectivity index (χ0n) is 14.2. The Morgan fingerprint density at radius 2 is 1.93 bits per heavy atom. The number of fused-ring (bicyclic) bond motifs is 1. The van der Waals surface area contributed by atoms with E-state index < -0.39 is 17.6 Å². The molecular formula is C18H12F2N6O2. The molecule has 1 aromatic carbocycles. The number of carboxylic acids is 1. The molecular weight excluding hydrogens is 370 g/mol. The van der Waals surface area contributed by atoms with Crippen molar-refractivity contribution < 1.29 is 18.7 Å². The van der Waals surface area contributed by atoms with Crippen molar-refractivity contribution in [3.05, 3.63) is 65.5 Å². The lowest BCUT2D eigenvalue weighted by Gasteiger charge is -2.08. The Bertz CT molecular complexity index is 1200. The SMILES string of the molecule is Nc1nc(-c2cc(C(=O)O)ccn2)c2cnn(Cc3c(F)cccc3F)c2n1. The highest BCUT2D eigenvalue weighted by molar-refractivity contribution is 5.93. The maximum atomic E-state index is 14.0. The smallest absolute Gasteiger partial charge is 0.335 e. The molecule has 0 aliphatic heterocycles. The Kier molecular flexibility index (Phi) is 4.15. The first kappa shape index (κ1) is 17.5. The fraction of sp³-hybridized carbons (Fsp3) is 0.0556. The molecule has 140 valence electrons. The lowest BCUT2D eigenvalue weighted by Crippen LogP contribution is -2.08. The molecule has 0 saturated carbocycles. The van der Waals surface area contributed by atoms with E-state index in [-0.39, 0.29) is 40.7 Å². The van der Waals surface area contributed by atoms with E-state index in [1.807, 2.05) is 0 Å². The molecule has 4 aromatic rings. The summed E-state index contributed by atoms with van der Waals surface area (Å²) in [5, 5.41) is 13.7. The summed E-state index contributed by atoms with van der Waals surface area (Å²) in [6, 6.07) is 6.27. The first-order chi connectivity index (χ1) is 13.4. The van der Waals surface area contributed by atoms with Gasteiger partial charge < -0.3 is 10.8 Å². The second-order valence-corrected chi connectivity index (χ2v) is 5.91. The number of rotatable bonds is 4. The molecule has 4 rings (SSSR count). The topological polar surface area (TPSA) is 120 Å². The number of carbonyl (C=O) groups is 1. The van der Waals surface area contributed by atoms with Gasteiger partial charge in [-0.1, -0.05) is 6.07 Å². The van der Waals surface area contributed by atoms with E-state index in [1.165, 1.54) is 35.3 Å². The Morgan fingerprint density at radius 3 is 2.64 bits per heavy atom. The molecule has 0 radical (unpaired) electrons. The summed E-state index contributed by atoms with van der Waals surface area (Å²) in [4.78, 5) is 23.6. The van der Waals surface area contributed by atoms with Crippen molar-refractivity contribution in [2.45, 2.75) is 6.54 Å². The Labute approximate surface area is 156 Å². The number of carboxylic acid groups (broad SMARTS) is 1. The lowest BCUT2D eigenvalue weighted by molar-refractivity contribution is 0.0697. The third-order valence-electron chi connectivity index (χ3n) is 4.13. The first-order valence-electron chi connectivity index (χ1n) is 8.05. The number of nitrogen functional groups attached to an aromatic ring is 1. The van der Waals surface area contributed by atoms with Gasteiger partial charge >= 0.3 is 5.97 Å². The Hall–Kier alpha value is -3.95. The molecule has 28 heavy (non-hydrogen) atoms. The number of aromatic nitrogens is 5. The number of benzene rings is 1. The molecule has 0 aliphatic rings. The molecule has 0 atom stereocenters. The minimum absolute atomic E-state index is 0.0242. The average molecular weight is 382 g/mol. The highest BCUT2D eigenvalue weighted by Gasteiger charge is 2.18. The minimum Gasteiger partial charge on any atom is -0.478 e. The zero-order valence-corrected chi connectivity index (χ0v) is 14.2. The molecule has 3 heterocycles. The van der Waals surface area contributed by atoms with Crippen molar-refractivity contribution in [3.63, 3.8) is 0 Å². The van der Waals surface area contributed by atoms with Crippen LogP contribution in [0.2, 0.25) is 0 Å². The average Bonchev–Trinajstić information content (AvgIpc) is 3.07. The Morgan fingerprint density at radius 1 is 1.18 bits per heavy atom. The zero-order chi connectivity index (χ0) is 19.8. The van der Waals surface area contributed by atoms with Crippen molar-refractivity contribution >= 4 is 23.0 Å². The maximum absolute atomic E-state index is 14.0. The van der Waals surface area contributed by atoms with E-state index >= 15 is 0 Å². The van der Waals surface area contributed by atoms with Gasteiger partial charge in [-0.05, 0) is 24.3 Å². The molecule has 0 fully saturated rings. The van der Waals surface area contributed by atoms with Gasteiger partial charge in [-0.3, -0.25) is 4.98 Å². The summed E-state index contributed by atoms with van der Waals surface area (Å²) in [6.07, 6.45) is 2.75. The molecule has 0 bridgehead atoms. The molecule has 8 nitrogen and oxygen atoms in total. The van der Waals surface area contributed by atoms with Gasteiger partial charge in [0, 0.05) is 11.8 Å². The van der Waals surface area contributed by atoms with Gasteiger partial charge in [-0.25, -0.2) is 23.2 Å². The molecule has 10 heteroatoms. The van der Waals surface area contributed by atoms with E-state index in [0.717, 1.165) is 12.1 Å². The second kappa shape index (κ2) is 6.65. The van der Waals surface area contributed by atoms with Crippen LogP contribution in [-0.2, 0) is 6.54 Å². The third-order valence-corrected chi connectivity index (χ3v) is 4.13. The molecule has 3 aromatic heterocycles. The number of anilines is 1. The number of aromatic carboxylic acids is 1. The van der Waals surface area contributed by atoms with Crippen LogP contribution in [0, 0.1) is 11.6 Å². The van der Waals surface area contributed by atoms with Gasteiger partial charge in [-0.2, -0.15) is 10.1 Å². The van der Waals surface area contributed by atoms with Crippen molar-refractivity contribution in [3.8, 4) is 11.4 Å². The number of nitrogens with two attached hydrogens (primary N) is 1. The number of hydrogen-bond acceptors (Lipinski definition) is 6. The van der Waals surface area contributed by atoms with Gasteiger partial charge in [0.2, 0.25) is 5.95 Å². The van der Waals surface area contributed by atoms with Crippen LogP contribution in [0.5, 0.6) is 0 Å². The molecule has 0 aliphatic carbocycles. The molecule has 0 saturated heterocycles. The molecule has 0 unspecified atom stereocenters. The van der Waals surface area contributed by atoms with Gasteiger partial charge in [0.1, 0.15) is 17.3 Å². The van der Waals surface area contributed by atoms with Crippen LogP contribution in [0.3, 0.4) is 0 Å². The largest absolute Gasteiger partial charge is 0.478 e. The predicted molar refractivity (Wildman–Crippen MR) is 95.4 cm³/mol. The monoisotopic (exact) mass is 382 g/mol. The van der Waals surface area contributed by atoms with Gasteiger partial charge in [-0.15, -0.1) is 0 Å². The van der Waals surface area contributed by atoms with E-state index in [2.05, 4.69) is 20.1 Å². The quantitative estimate of drug-likeness (QED) is 0.556. The standard InChI is InChI=1S/C18H12F2N6O2/c19-12-2-1-3-13(20)11(12)8-26-16-10(7-23-26)15(24-18(21)25-16)14-6-9(17(27)28)4-5-22-14/h1-7H,8H2,(H,27,28)(H2,21,24,25). The Balaban J connectivity index is 1.86. The summed E-state index contributed by atoms with van der Waals surface area (Å²) >= 11 is 0. The number of nitrogens with zero attached hydrogens (tertiary/aromatic N) is 5. The normalized spacial score (nSPS) is 11.1. The summed E-state index contributed by atoms with van der Waals surface area (Å²) in [5.74, 6) is -2.64.